The van der Waals surface area contributed by atoms with Gasteiger partial charge in [-0.25, -0.2) is 4.98 Å². The van der Waals surface area contributed by atoms with E-state index >= 15 is 0 Å². The van der Waals surface area contributed by atoms with Gasteiger partial charge in [-0.15, -0.1) is 0 Å². The first-order chi connectivity index (χ1) is 12.7. The maximum atomic E-state index is 12.5. The number of nitrogens with zero attached hydrogens (tertiary/aromatic N) is 3. The van der Waals surface area contributed by atoms with Crippen LogP contribution in [0.2, 0.25) is 0 Å². The van der Waals surface area contributed by atoms with Crippen molar-refractivity contribution in [2.45, 2.75) is 39.2 Å². The summed E-state index contributed by atoms with van der Waals surface area (Å²) in [5.41, 5.74) is 2.97. The van der Waals surface area contributed by atoms with E-state index in [1.807, 2.05) is 48.7 Å². The molecule has 1 unspecified atom stereocenters. The van der Waals surface area contributed by atoms with Gasteiger partial charge in [-0.3, -0.25) is 15.1 Å². The zero-order valence-electron chi connectivity index (χ0n) is 15.1. The Balaban J connectivity index is 1.53. The van der Waals surface area contributed by atoms with E-state index in [4.69, 9.17) is 0 Å². The van der Waals surface area contributed by atoms with Crippen LogP contribution in [0.1, 0.15) is 31.9 Å². The van der Waals surface area contributed by atoms with E-state index in [2.05, 4.69) is 26.8 Å². The van der Waals surface area contributed by atoms with Crippen LogP contribution in [-0.2, 0) is 17.8 Å². The van der Waals surface area contributed by atoms with E-state index in [0.717, 1.165) is 35.6 Å². The topological polar surface area (TPSA) is 59.8 Å². The molecule has 3 aromatic rings. The molecule has 1 aromatic carbocycles. The lowest BCUT2D eigenvalue weighted by Crippen LogP contribution is -2.19. The molecule has 1 saturated carbocycles. The number of aryl methyl sites for hydroxylation is 2. The number of amides is 1. The highest BCUT2D eigenvalue weighted by Gasteiger charge is 2.29. The number of imidazole rings is 1. The number of pyridine rings is 1. The number of carbonyl (C=O) groups excluding carboxylic acids is 1. The quantitative estimate of drug-likeness (QED) is 0.701. The highest BCUT2D eigenvalue weighted by atomic mass is 16.1. The summed E-state index contributed by atoms with van der Waals surface area (Å²) < 4.78 is 2.09. The lowest BCUT2D eigenvalue weighted by Gasteiger charge is -2.12. The molecule has 1 aliphatic rings. The molecule has 0 spiro atoms. The molecule has 0 saturated heterocycles. The highest BCUT2D eigenvalue weighted by Crippen LogP contribution is 2.38. The van der Waals surface area contributed by atoms with Gasteiger partial charge in [0.15, 0.2) is 0 Å². The molecular weight excluding hydrogens is 324 g/mol. The Kier molecular flexibility index (Phi) is 4.69. The molecule has 2 heterocycles. The molecule has 2 aromatic heterocycles. The van der Waals surface area contributed by atoms with Crippen molar-refractivity contribution in [2.75, 3.05) is 5.32 Å². The van der Waals surface area contributed by atoms with Crippen LogP contribution in [0.15, 0.2) is 48.7 Å². The summed E-state index contributed by atoms with van der Waals surface area (Å²) in [7, 11) is 0. The number of rotatable bonds is 7. The fraction of sp³-hybridized carbons (Fsp3) is 0.381. The van der Waals surface area contributed by atoms with Gasteiger partial charge in [-0.05, 0) is 48.9 Å². The molecular formula is C21H24N4O. The minimum atomic E-state index is 0.0544. The third-order valence-corrected chi connectivity index (χ3v) is 5.16. The van der Waals surface area contributed by atoms with Crippen LogP contribution in [0.3, 0.4) is 0 Å². The van der Waals surface area contributed by atoms with Gasteiger partial charge < -0.3 is 4.57 Å². The van der Waals surface area contributed by atoms with E-state index in [9.17, 15) is 4.79 Å². The van der Waals surface area contributed by atoms with Crippen molar-refractivity contribution in [1.82, 2.24) is 14.5 Å². The van der Waals surface area contributed by atoms with Crippen LogP contribution >= 0.6 is 0 Å². The van der Waals surface area contributed by atoms with E-state index in [1.165, 1.54) is 12.8 Å². The van der Waals surface area contributed by atoms with Crippen LogP contribution in [0.4, 0.5) is 5.95 Å². The number of carbonyl (C=O) groups is 1. The lowest BCUT2D eigenvalue weighted by atomic mass is 10.0. The summed E-state index contributed by atoms with van der Waals surface area (Å²) in [6, 6.07) is 13.9. The second-order valence-electron chi connectivity index (χ2n) is 7.21. The predicted molar refractivity (Wildman–Crippen MR) is 103 cm³/mol. The van der Waals surface area contributed by atoms with E-state index in [-0.39, 0.29) is 5.91 Å². The summed E-state index contributed by atoms with van der Waals surface area (Å²) in [4.78, 5) is 21.5. The third-order valence-electron chi connectivity index (χ3n) is 5.16. The van der Waals surface area contributed by atoms with Crippen LogP contribution < -0.4 is 5.32 Å². The standard InChI is InChI=1S/C21H24N4O/c1-15(16-9-10-16)14-20(26)24-21-23-18-7-2-3-8-19(18)25(21)13-11-17-6-4-5-12-22-17/h2-8,12,15-16H,9-11,13-14H2,1H3,(H,23,24,26). The Morgan fingerprint density at radius 1 is 1.23 bits per heavy atom. The number of aromatic nitrogens is 3. The van der Waals surface area contributed by atoms with E-state index < -0.39 is 0 Å². The first kappa shape index (κ1) is 16.8. The predicted octanol–water partition coefficient (Wildman–Crippen LogP) is 4.05. The Labute approximate surface area is 153 Å². The number of anilines is 1. The summed E-state index contributed by atoms with van der Waals surface area (Å²) in [6.07, 6.45) is 5.69. The van der Waals surface area contributed by atoms with Crippen molar-refractivity contribution < 1.29 is 4.79 Å². The van der Waals surface area contributed by atoms with Crippen molar-refractivity contribution in [3.63, 3.8) is 0 Å². The third kappa shape index (κ3) is 3.77. The maximum absolute atomic E-state index is 12.5. The molecule has 0 aliphatic heterocycles. The molecule has 1 aliphatic carbocycles. The van der Waals surface area contributed by atoms with Gasteiger partial charge in [0.05, 0.1) is 11.0 Å². The minimum absolute atomic E-state index is 0.0544. The molecule has 26 heavy (non-hydrogen) atoms. The number of nitrogens with one attached hydrogen (secondary N) is 1. The van der Waals surface area contributed by atoms with Gasteiger partial charge in [-0.2, -0.15) is 0 Å². The first-order valence-electron chi connectivity index (χ1n) is 9.36. The van der Waals surface area contributed by atoms with Gasteiger partial charge in [-0.1, -0.05) is 25.1 Å². The van der Waals surface area contributed by atoms with Crippen LogP contribution in [0, 0.1) is 11.8 Å². The molecule has 5 nitrogen and oxygen atoms in total. The van der Waals surface area contributed by atoms with Crippen molar-refractivity contribution in [3.05, 3.63) is 54.4 Å². The molecule has 0 bridgehead atoms. The van der Waals surface area contributed by atoms with Gasteiger partial charge in [0.2, 0.25) is 11.9 Å². The SMILES string of the molecule is CC(CC(=O)Nc1nc2ccccc2n1CCc1ccccn1)C1CC1. The van der Waals surface area contributed by atoms with Crippen LogP contribution in [0.5, 0.6) is 0 Å². The Bertz CT molecular complexity index is 899. The van der Waals surface area contributed by atoms with Gasteiger partial charge in [0.1, 0.15) is 0 Å². The van der Waals surface area contributed by atoms with E-state index in [1.54, 1.807) is 0 Å². The lowest BCUT2D eigenvalue weighted by molar-refractivity contribution is -0.117. The average Bonchev–Trinajstić information content (AvgIpc) is 3.44. The summed E-state index contributed by atoms with van der Waals surface area (Å²) in [5, 5.41) is 3.04. The first-order valence-corrected chi connectivity index (χ1v) is 9.36. The second-order valence-corrected chi connectivity index (χ2v) is 7.21. The van der Waals surface area contributed by atoms with Crippen molar-refractivity contribution in [2.24, 2.45) is 11.8 Å². The zero-order chi connectivity index (χ0) is 17.9. The Hall–Kier alpha value is -2.69. The number of fused-ring (bicyclic) bond motifs is 1. The molecule has 1 fully saturated rings. The number of hydrogen-bond donors (Lipinski definition) is 1. The average molecular weight is 348 g/mol. The summed E-state index contributed by atoms with van der Waals surface area (Å²) >= 11 is 0. The van der Waals surface area contributed by atoms with Gasteiger partial charge in [0.25, 0.3) is 0 Å². The number of para-hydroxylation sites is 2. The summed E-state index contributed by atoms with van der Waals surface area (Å²) in [6.45, 7) is 2.90. The van der Waals surface area contributed by atoms with E-state index in [0.29, 0.717) is 18.3 Å². The number of benzene rings is 1. The fourth-order valence-electron chi connectivity index (χ4n) is 3.47. The largest absolute Gasteiger partial charge is 0.310 e. The zero-order valence-corrected chi connectivity index (χ0v) is 15.1. The van der Waals surface area contributed by atoms with Crippen LogP contribution in [0.25, 0.3) is 11.0 Å². The normalized spacial score (nSPS) is 15.1. The molecule has 4 rings (SSSR count). The minimum Gasteiger partial charge on any atom is -0.310 e. The van der Waals surface area contributed by atoms with Crippen molar-refractivity contribution in [1.29, 1.82) is 0 Å². The van der Waals surface area contributed by atoms with Crippen LogP contribution in [-0.4, -0.2) is 20.4 Å². The smallest absolute Gasteiger partial charge is 0.226 e. The molecule has 1 amide bonds. The Morgan fingerprint density at radius 3 is 2.81 bits per heavy atom. The molecule has 5 heteroatoms. The molecule has 0 radical (unpaired) electrons. The maximum Gasteiger partial charge on any atom is 0.226 e. The highest BCUT2D eigenvalue weighted by molar-refractivity contribution is 5.91. The molecule has 1 atom stereocenters. The number of hydrogen-bond acceptors (Lipinski definition) is 3. The van der Waals surface area contributed by atoms with Gasteiger partial charge in [0, 0.05) is 31.3 Å². The van der Waals surface area contributed by atoms with Gasteiger partial charge >= 0.3 is 0 Å². The summed E-state index contributed by atoms with van der Waals surface area (Å²) in [5.74, 6) is 1.86. The van der Waals surface area contributed by atoms with Crippen molar-refractivity contribution in [3.8, 4) is 0 Å². The Morgan fingerprint density at radius 2 is 2.04 bits per heavy atom. The second kappa shape index (κ2) is 7.28. The monoisotopic (exact) mass is 348 g/mol. The molecule has 1 N–H and O–H groups in total. The van der Waals surface area contributed by atoms with Crippen molar-refractivity contribution >= 4 is 22.9 Å². The fourth-order valence-corrected chi connectivity index (χ4v) is 3.47. The molecule has 134 valence electrons.